The van der Waals surface area contributed by atoms with E-state index in [2.05, 4.69) is 4.74 Å². The van der Waals surface area contributed by atoms with Gasteiger partial charge in [0.05, 0.1) is 18.7 Å². The van der Waals surface area contributed by atoms with Gasteiger partial charge in [-0.3, -0.25) is 14.4 Å². The van der Waals surface area contributed by atoms with Crippen LogP contribution in [0, 0.1) is 11.7 Å². The largest absolute Gasteiger partial charge is 0.469 e. The van der Waals surface area contributed by atoms with Crippen LogP contribution >= 0.6 is 0 Å². The van der Waals surface area contributed by atoms with Crippen molar-refractivity contribution in [1.29, 1.82) is 0 Å². The molecule has 1 saturated heterocycles. The Hall–Kier alpha value is -2.24. The zero-order chi connectivity index (χ0) is 14.9. The Morgan fingerprint density at radius 1 is 1.40 bits per heavy atom. The second kappa shape index (κ2) is 5.40. The lowest BCUT2D eigenvalue weighted by Crippen LogP contribution is -2.27. The minimum absolute atomic E-state index is 0.0292. The number of ketones is 1. The van der Waals surface area contributed by atoms with Crippen molar-refractivity contribution in [2.24, 2.45) is 5.92 Å². The van der Waals surface area contributed by atoms with E-state index in [0.29, 0.717) is 5.69 Å². The molecule has 1 aromatic carbocycles. The van der Waals surface area contributed by atoms with Crippen molar-refractivity contribution in [3.8, 4) is 0 Å². The number of esters is 1. The highest BCUT2D eigenvalue weighted by atomic mass is 19.1. The number of rotatable bonds is 3. The molecular weight excluding hydrogens is 265 g/mol. The van der Waals surface area contributed by atoms with Crippen LogP contribution in [-0.4, -0.2) is 31.3 Å². The first-order chi connectivity index (χ1) is 9.43. The molecule has 0 bridgehead atoms. The summed E-state index contributed by atoms with van der Waals surface area (Å²) in [6.07, 6.45) is 0.0292. The van der Waals surface area contributed by atoms with E-state index in [1.54, 1.807) is 0 Å². The third-order valence-electron chi connectivity index (χ3n) is 3.29. The van der Waals surface area contributed by atoms with Crippen molar-refractivity contribution in [3.05, 3.63) is 29.6 Å². The summed E-state index contributed by atoms with van der Waals surface area (Å²) in [5, 5.41) is 0. The van der Waals surface area contributed by atoms with Gasteiger partial charge in [0.1, 0.15) is 5.82 Å². The Kier molecular flexibility index (Phi) is 3.83. The number of ether oxygens (including phenoxy) is 1. The van der Waals surface area contributed by atoms with E-state index >= 15 is 0 Å². The molecule has 0 spiro atoms. The summed E-state index contributed by atoms with van der Waals surface area (Å²) in [7, 11) is 1.26. The smallest absolute Gasteiger partial charge is 0.311 e. The first kappa shape index (κ1) is 14.2. The number of carbonyl (C=O) groups excluding carboxylic acids is 3. The van der Waals surface area contributed by atoms with Gasteiger partial charge < -0.3 is 9.64 Å². The second-order valence-corrected chi connectivity index (χ2v) is 4.65. The Balaban J connectivity index is 2.35. The average Bonchev–Trinajstić information content (AvgIpc) is 2.79. The molecule has 1 aliphatic heterocycles. The van der Waals surface area contributed by atoms with E-state index in [0.717, 1.165) is 6.07 Å². The summed E-state index contributed by atoms with van der Waals surface area (Å²) < 4.78 is 17.8. The van der Waals surface area contributed by atoms with Gasteiger partial charge in [0.25, 0.3) is 0 Å². The van der Waals surface area contributed by atoms with Gasteiger partial charge in [0.2, 0.25) is 5.91 Å². The van der Waals surface area contributed by atoms with Crippen LogP contribution in [-0.2, 0) is 14.3 Å². The van der Waals surface area contributed by atoms with Crippen LogP contribution in [0.5, 0.6) is 0 Å². The Morgan fingerprint density at radius 3 is 2.70 bits per heavy atom. The third kappa shape index (κ3) is 2.54. The molecule has 5 nitrogen and oxygen atoms in total. The monoisotopic (exact) mass is 279 g/mol. The quantitative estimate of drug-likeness (QED) is 0.622. The number of halogens is 1. The van der Waals surface area contributed by atoms with E-state index in [4.69, 9.17) is 0 Å². The topological polar surface area (TPSA) is 63.7 Å². The van der Waals surface area contributed by atoms with Crippen LogP contribution in [0.25, 0.3) is 0 Å². The lowest BCUT2D eigenvalue weighted by atomic mass is 10.1. The van der Waals surface area contributed by atoms with E-state index in [9.17, 15) is 18.8 Å². The maximum absolute atomic E-state index is 13.2. The van der Waals surface area contributed by atoms with Crippen molar-refractivity contribution in [2.45, 2.75) is 13.3 Å². The van der Waals surface area contributed by atoms with Gasteiger partial charge >= 0.3 is 5.97 Å². The highest BCUT2D eigenvalue weighted by molar-refractivity contribution is 6.06. The van der Waals surface area contributed by atoms with E-state index in [1.807, 2.05) is 0 Å². The molecule has 0 saturated carbocycles. The SMILES string of the molecule is COC(=O)C1CC(=O)N(c2ccc(F)cc2C(C)=O)C1. The summed E-state index contributed by atoms with van der Waals surface area (Å²) in [6.45, 7) is 1.44. The highest BCUT2D eigenvalue weighted by Crippen LogP contribution is 2.29. The normalized spacial score (nSPS) is 18.2. The third-order valence-corrected chi connectivity index (χ3v) is 3.29. The first-order valence-electron chi connectivity index (χ1n) is 6.12. The highest BCUT2D eigenvalue weighted by Gasteiger charge is 2.36. The number of nitrogens with zero attached hydrogens (tertiary/aromatic N) is 1. The fourth-order valence-corrected chi connectivity index (χ4v) is 2.29. The Labute approximate surface area is 115 Å². The van der Waals surface area contributed by atoms with Crippen molar-refractivity contribution in [1.82, 2.24) is 0 Å². The van der Waals surface area contributed by atoms with Crippen molar-refractivity contribution in [3.63, 3.8) is 0 Å². The van der Waals surface area contributed by atoms with Gasteiger partial charge in [-0.25, -0.2) is 4.39 Å². The van der Waals surface area contributed by atoms with Gasteiger partial charge in [-0.1, -0.05) is 0 Å². The summed E-state index contributed by atoms with van der Waals surface area (Å²) in [5.74, 6) is -2.19. The number of benzene rings is 1. The minimum atomic E-state index is -0.558. The molecule has 0 radical (unpaired) electrons. The van der Waals surface area contributed by atoms with Gasteiger partial charge in [0, 0.05) is 18.5 Å². The van der Waals surface area contributed by atoms with Crippen molar-refractivity contribution >= 4 is 23.3 Å². The number of methoxy groups -OCH3 is 1. The summed E-state index contributed by atoms with van der Waals surface area (Å²) in [6, 6.07) is 3.65. The van der Waals surface area contributed by atoms with Crippen LogP contribution in [0.4, 0.5) is 10.1 Å². The molecule has 1 amide bonds. The number of amides is 1. The van der Waals surface area contributed by atoms with E-state index in [1.165, 1.54) is 31.1 Å². The van der Waals surface area contributed by atoms with Gasteiger partial charge in [0.15, 0.2) is 5.78 Å². The molecule has 20 heavy (non-hydrogen) atoms. The van der Waals surface area contributed by atoms with Crippen LogP contribution in [0.1, 0.15) is 23.7 Å². The number of carbonyl (C=O) groups is 3. The molecule has 1 atom stereocenters. The molecule has 1 heterocycles. The molecule has 0 N–H and O–H groups in total. The van der Waals surface area contributed by atoms with E-state index in [-0.39, 0.29) is 30.2 Å². The standard InChI is InChI=1S/C14H14FNO4/c1-8(17)11-6-10(15)3-4-12(11)16-7-9(5-13(16)18)14(19)20-2/h3-4,6,9H,5,7H2,1-2H3. The Bertz CT molecular complexity index is 585. The number of hydrogen-bond donors (Lipinski definition) is 0. The molecule has 1 fully saturated rings. The molecular formula is C14H14FNO4. The minimum Gasteiger partial charge on any atom is -0.469 e. The zero-order valence-electron chi connectivity index (χ0n) is 11.2. The van der Waals surface area contributed by atoms with E-state index < -0.39 is 17.7 Å². The van der Waals surface area contributed by atoms with Crippen molar-refractivity contribution in [2.75, 3.05) is 18.6 Å². The molecule has 6 heteroatoms. The number of Topliss-reactive ketones (excluding diaryl/α,β-unsaturated/α-hetero) is 1. The maximum atomic E-state index is 13.2. The molecule has 0 aromatic heterocycles. The molecule has 106 valence electrons. The molecule has 1 aromatic rings. The lowest BCUT2D eigenvalue weighted by molar-refractivity contribution is -0.145. The molecule has 0 aliphatic carbocycles. The van der Waals surface area contributed by atoms with Crippen molar-refractivity contribution < 1.29 is 23.5 Å². The first-order valence-corrected chi connectivity index (χ1v) is 6.12. The van der Waals surface area contributed by atoms with Crippen LogP contribution in [0.3, 0.4) is 0 Å². The van der Waals surface area contributed by atoms with Gasteiger partial charge in [-0.15, -0.1) is 0 Å². The number of hydrogen-bond acceptors (Lipinski definition) is 4. The predicted octanol–water partition coefficient (Wildman–Crippen LogP) is 1.55. The molecule has 1 unspecified atom stereocenters. The zero-order valence-corrected chi connectivity index (χ0v) is 11.2. The number of anilines is 1. The van der Waals surface area contributed by atoms with Gasteiger partial charge in [-0.2, -0.15) is 0 Å². The molecule has 1 aliphatic rings. The summed E-state index contributed by atoms with van der Waals surface area (Å²) in [4.78, 5) is 36.3. The second-order valence-electron chi connectivity index (χ2n) is 4.65. The lowest BCUT2D eigenvalue weighted by Gasteiger charge is -2.19. The van der Waals surface area contributed by atoms with Gasteiger partial charge in [-0.05, 0) is 25.1 Å². The molecule has 2 rings (SSSR count). The Morgan fingerprint density at radius 2 is 2.10 bits per heavy atom. The predicted molar refractivity (Wildman–Crippen MR) is 68.9 cm³/mol. The van der Waals surface area contributed by atoms with Crippen LogP contribution in [0.15, 0.2) is 18.2 Å². The summed E-state index contributed by atoms with van der Waals surface area (Å²) in [5.41, 5.74) is 0.458. The fraction of sp³-hybridized carbons (Fsp3) is 0.357. The maximum Gasteiger partial charge on any atom is 0.311 e. The fourth-order valence-electron chi connectivity index (χ4n) is 2.29. The average molecular weight is 279 g/mol. The van der Waals surface area contributed by atoms with Crippen LogP contribution in [0.2, 0.25) is 0 Å². The summed E-state index contributed by atoms with van der Waals surface area (Å²) >= 11 is 0. The van der Waals surface area contributed by atoms with Crippen LogP contribution < -0.4 is 4.90 Å².